The summed E-state index contributed by atoms with van der Waals surface area (Å²) in [6.07, 6.45) is 0. The molecule has 0 aromatic heterocycles. The second-order valence-electron chi connectivity index (χ2n) is 10.0. The third-order valence-corrected chi connectivity index (χ3v) is 5.94. The first-order valence-corrected chi connectivity index (χ1v) is 12.5. The maximum atomic E-state index is 12.2. The molecule has 200 valence electrons. The molecular formula is C28H24Cl4MgN2O4. The van der Waals surface area contributed by atoms with Crippen LogP contribution in [0.15, 0.2) is 47.5 Å². The fourth-order valence-electron chi connectivity index (χ4n) is 2.78. The van der Waals surface area contributed by atoms with E-state index in [2.05, 4.69) is 0 Å². The average Bonchev–Trinajstić information content (AvgIpc) is 2.79. The Kier molecular flexibility index (Phi) is 14.1. The molecule has 0 aliphatic rings. The Morgan fingerprint density at radius 2 is 0.949 bits per heavy atom. The van der Waals surface area contributed by atoms with Crippen molar-refractivity contribution in [3.8, 4) is 12.1 Å². The Bertz CT molecular complexity index is 1300. The molecule has 0 unspecified atom stereocenters. The second-order valence-corrected chi connectivity index (χ2v) is 11.7. The van der Waals surface area contributed by atoms with Gasteiger partial charge in [0, 0.05) is 30.9 Å². The van der Waals surface area contributed by atoms with Gasteiger partial charge in [-0.25, -0.2) is 0 Å². The molecule has 0 aliphatic heterocycles. The number of Topliss-reactive ketones (excluding diaryl/α,β-unsaturated/α-hetero) is 2. The molecule has 6 nitrogen and oxygen atoms in total. The maximum absolute atomic E-state index is 12.2. The monoisotopic (exact) mass is 616 g/mol. The quantitative estimate of drug-likeness (QED) is 0.178. The summed E-state index contributed by atoms with van der Waals surface area (Å²) in [7, 11) is 0. The van der Waals surface area contributed by atoms with Gasteiger partial charge >= 0.3 is 23.1 Å². The van der Waals surface area contributed by atoms with Gasteiger partial charge in [0.25, 0.3) is 0 Å². The molecule has 0 atom stereocenters. The van der Waals surface area contributed by atoms with E-state index in [1.807, 2.05) is 0 Å². The van der Waals surface area contributed by atoms with Crippen LogP contribution in [0.25, 0.3) is 11.5 Å². The van der Waals surface area contributed by atoms with E-state index in [9.17, 15) is 19.8 Å². The number of ketones is 2. The normalized spacial score (nSPS) is 12.3. The molecule has 39 heavy (non-hydrogen) atoms. The summed E-state index contributed by atoms with van der Waals surface area (Å²) in [5.41, 5.74) is -2.26. The van der Waals surface area contributed by atoms with Gasteiger partial charge in [-0.05, 0) is 35.4 Å². The summed E-state index contributed by atoms with van der Waals surface area (Å²) >= 11 is 23.3. The van der Waals surface area contributed by atoms with Gasteiger partial charge in [-0.1, -0.05) is 112 Å². The van der Waals surface area contributed by atoms with Gasteiger partial charge in [0.05, 0.1) is 11.1 Å². The fourth-order valence-corrected chi connectivity index (χ4v) is 3.76. The van der Waals surface area contributed by atoms with Crippen LogP contribution >= 0.6 is 46.4 Å². The number of allylic oxidation sites excluding steroid dienone is 2. The van der Waals surface area contributed by atoms with E-state index in [-0.39, 0.29) is 44.2 Å². The molecule has 2 rings (SSSR count). The largest absolute Gasteiger partial charge is 2.00 e. The molecule has 0 saturated heterocycles. The van der Waals surface area contributed by atoms with Crippen LogP contribution in [0.5, 0.6) is 0 Å². The van der Waals surface area contributed by atoms with Gasteiger partial charge in [0.1, 0.15) is 12.1 Å². The summed E-state index contributed by atoms with van der Waals surface area (Å²) in [4.78, 5) is 24.1. The van der Waals surface area contributed by atoms with Crippen molar-refractivity contribution in [2.45, 2.75) is 41.5 Å². The summed E-state index contributed by atoms with van der Waals surface area (Å²) in [5.74, 6) is -2.37. The first-order chi connectivity index (χ1) is 17.4. The van der Waals surface area contributed by atoms with E-state index < -0.39 is 45.1 Å². The SMILES string of the molecule is CC(C)(C)C(=O)C(C#N)=C([O-])c1ccc(Cl)cc1Cl.CC(C)(C)C(=O)C(C#N)=C([O-])c1ccc(Cl)cc1Cl.[Mg+2]. The van der Waals surface area contributed by atoms with E-state index in [1.165, 1.54) is 36.4 Å². The second kappa shape index (κ2) is 15.0. The maximum Gasteiger partial charge on any atom is 2.00 e. The standard InChI is InChI=1S/2C14H13Cl2NO2.Mg/c2*1-14(2,3)13(19)10(7-17)12(18)9-5-4-8(15)6-11(9)16;/h2*4-6,18H,1-3H3;/q;;+2/p-2. The van der Waals surface area contributed by atoms with Crippen molar-refractivity contribution in [1.82, 2.24) is 0 Å². The van der Waals surface area contributed by atoms with Gasteiger partial charge in [-0.3, -0.25) is 9.59 Å². The summed E-state index contributed by atoms with van der Waals surface area (Å²) in [6, 6.07) is 11.9. The molecule has 0 amide bonds. The summed E-state index contributed by atoms with van der Waals surface area (Å²) < 4.78 is 0. The van der Waals surface area contributed by atoms with E-state index in [0.29, 0.717) is 10.0 Å². The van der Waals surface area contributed by atoms with Crippen LogP contribution in [0.3, 0.4) is 0 Å². The predicted molar refractivity (Wildman–Crippen MR) is 153 cm³/mol. The van der Waals surface area contributed by atoms with E-state index in [1.54, 1.807) is 53.7 Å². The minimum Gasteiger partial charge on any atom is -0.871 e. The number of hydrogen-bond acceptors (Lipinski definition) is 6. The van der Waals surface area contributed by atoms with Crippen LogP contribution < -0.4 is 10.2 Å². The van der Waals surface area contributed by atoms with Crippen molar-refractivity contribution in [2.24, 2.45) is 10.8 Å². The number of rotatable bonds is 4. The zero-order valence-electron chi connectivity index (χ0n) is 22.2. The molecule has 0 N–H and O–H groups in total. The number of hydrogen-bond donors (Lipinski definition) is 0. The smallest absolute Gasteiger partial charge is 0.871 e. The fraction of sp³-hybridized carbons (Fsp3) is 0.286. The van der Waals surface area contributed by atoms with Gasteiger partial charge in [0.2, 0.25) is 0 Å². The number of nitrogens with zero attached hydrogens (tertiary/aromatic N) is 2. The van der Waals surface area contributed by atoms with Crippen LogP contribution in [0.1, 0.15) is 52.7 Å². The van der Waals surface area contributed by atoms with Crippen molar-refractivity contribution in [3.05, 3.63) is 78.8 Å². The Morgan fingerprint density at radius 1 is 0.667 bits per heavy atom. The molecule has 0 spiro atoms. The Hall–Kier alpha value is -2.23. The number of nitriles is 2. The van der Waals surface area contributed by atoms with Crippen molar-refractivity contribution in [1.29, 1.82) is 10.5 Å². The van der Waals surface area contributed by atoms with Crippen LogP contribution in [-0.4, -0.2) is 34.6 Å². The summed E-state index contributed by atoms with van der Waals surface area (Å²) in [6.45, 7) is 9.85. The molecule has 2 aromatic rings. The third-order valence-electron chi connectivity index (χ3n) is 4.85. The summed E-state index contributed by atoms with van der Waals surface area (Å²) in [5, 5.41) is 43.4. The van der Waals surface area contributed by atoms with Gasteiger partial charge < -0.3 is 10.2 Å². The van der Waals surface area contributed by atoms with Crippen molar-refractivity contribution in [2.75, 3.05) is 0 Å². The topological polar surface area (TPSA) is 128 Å². The number of carbonyl (C=O) groups excluding carboxylic acids is 2. The van der Waals surface area contributed by atoms with E-state index in [4.69, 9.17) is 56.9 Å². The molecule has 2 aromatic carbocycles. The molecule has 0 radical (unpaired) electrons. The van der Waals surface area contributed by atoms with Gasteiger partial charge in [-0.15, -0.1) is 0 Å². The van der Waals surface area contributed by atoms with Crippen molar-refractivity contribution < 1.29 is 19.8 Å². The Balaban J connectivity index is 0.000000722. The molecule has 0 aliphatic carbocycles. The van der Waals surface area contributed by atoms with E-state index in [0.717, 1.165) is 0 Å². The Labute approximate surface area is 264 Å². The molecule has 0 bridgehead atoms. The molecular weight excluding hydrogens is 594 g/mol. The molecule has 0 fully saturated rings. The minimum absolute atomic E-state index is 0. The Morgan fingerprint density at radius 3 is 1.15 bits per heavy atom. The zero-order chi connectivity index (χ0) is 29.6. The zero-order valence-corrected chi connectivity index (χ0v) is 26.6. The third kappa shape index (κ3) is 10.0. The van der Waals surface area contributed by atoms with Crippen molar-refractivity contribution in [3.63, 3.8) is 0 Å². The number of halogens is 4. The molecule has 0 heterocycles. The number of carbonyl (C=O) groups is 2. The molecule has 0 saturated carbocycles. The number of benzene rings is 2. The first-order valence-electron chi connectivity index (χ1n) is 11.0. The van der Waals surface area contributed by atoms with Crippen LogP contribution in [0.2, 0.25) is 20.1 Å². The van der Waals surface area contributed by atoms with Crippen LogP contribution in [0.4, 0.5) is 0 Å². The first kappa shape index (κ1) is 36.8. The van der Waals surface area contributed by atoms with Gasteiger partial charge in [-0.2, -0.15) is 10.5 Å². The van der Waals surface area contributed by atoms with Crippen LogP contribution in [-0.2, 0) is 9.59 Å². The predicted octanol–water partition coefficient (Wildman–Crippen LogP) is 6.03. The van der Waals surface area contributed by atoms with E-state index >= 15 is 0 Å². The van der Waals surface area contributed by atoms with Crippen LogP contribution in [0, 0.1) is 33.5 Å². The molecule has 11 heteroatoms. The van der Waals surface area contributed by atoms with Crippen molar-refractivity contribution >= 4 is 92.5 Å². The average molecular weight is 619 g/mol. The van der Waals surface area contributed by atoms with Gasteiger partial charge in [0.15, 0.2) is 11.6 Å². The minimum atomic E-state index is -0.806.